The van der Waals surface area contributed by atoms with Crippen molar-refractivity contribution in [1.29, 1.82) is 0 Å². The highest BCUT2D eigenvalue weighted by molar-refractivity contribution is 8.00. The van der Waals surface area contributed by atoms with Crippen molar-refractivity contribution in [2.24, 2.45) is 0 Å². The maximum absolute atomic E-state index is 12.4. The van der Waals surface area contributed by atoms with Crippen LogP contribution < -0.4 is 0 Å². The third-order valence-corrected chi connectivity index (χ3v) is 5.21. The molecule has 0 aromatic heterocycles. The molecule has 2 amide bonds. The van der Waals surface area contributed by atoms with Crippen molar-refractivity contribution >= 4 is 29.7 Å². The topological polar surface area (TPSA) is 107 Å². The average Bonchev–Trinajstić information content (AvgIpc) is 2.58. The predicted octanol–water partition coefficient (Wildman–Crippen LogP) is 1.74. The van der Waals surface area contributed by atoms with Crippen molar-refractivity contribution in [1.82, 2.24) is 9.96 Å². The van der Waals surface area contributed by atoms with Crippen LogP contribution in [0.25, 0.3) is 0 Å². The number of fused-ring (bicyclic) bond motifs is 1. The fraction of sp³-hybridized carbons (Fsp3) is 0.312. The highest BCUT2D eigenvalue weighted by Crippen LogP contribution is 2.43. The highest BCUT2D eigenvalue weighted by Gasteiger charge is 2.57. The molecule has 0 radical (unpaired) electrons. The van der Waals surface area contributed by atoms with Crippen LogP contribution in [0.5, 0.6) is 0 Å². The minimum absolute atomic E-state index is 0.00845. The molecule has 3 atom stereocenters. The van der Waals surface area contributed by atoms with E-state index in [0.29, 0.717) is 5.06 Å². The molecule has 1 aromatic rings. The van der Waals surface area contributed by atoms with Crippen LogP contribution in [-0.4, -0.2) is 54.8 Å². The van der Waals surface area contributed by atoms with Crippen LogP contribution in [0.15, 0.2) is 42.1 Å². The molecule has 0 spiro atoms. The molecule has 3 rings (SSSR count). The number of hydroxylamine groups is 2. The molecule has 8 nitrogen and oxygen atoms in total. The largest absolute Gasteiger partial charge is 0.477 e. The molecule has 2 aliphatic heterocycles. The molecule has 1 saturated heterocycles. The van der Waals surface area contributed by atoms with E-state index in [-0.39, 0.29) is 17.6 Å². The van der Waals surface area contributed by atoms with Crippen LogP contribution in [-0.2, 0) is 21.0 Å². The zero-order chi connectivity index (χ0) is 18.1. The first-order chi connectivity index (χ1) is 11.9. The second kappa shape index (κ2) is 6.77. The Bertz CT molecular complexity index is 737. The Morgan fingerprint density at radius 3 is 2.56 bits per heavy atom. The van der Waals surface area contributed by atoms with Gasteiger partial charge in [0.1, 0.15) is 17.7 Å². The van der Waals surface area contributed by atoms with E-state index in [1.807, 2.05) is 6.07 Å². The van der Waals surface area contributed by atoms with E-state index in [4.69, 9.17) is 4.84 Å². The minimum Gasteiger partial charge on any atom is -0.477 e. The lowest BCUT2D eigenvalue weighted by molar-refractivity contribution is -0.202. The quantitative estimate of drug-likeness (QED) is 0.605. The van der Waals surface area contributed by atoms with Gasteiger partial charge >= 0.3 is 12.1 Å². The summed E-state index contributed by atoms with van der Waals surface area (Å²) in [5.41, 5.74) is 0.638. The molecule has 1 fully saturated rings. The van der Waals surface area contributed by atoms with E-state index >= 15 is 0 Å². The van der Waals surface area contributed by atoms with Gasteiger partial charge in [-0.15, -0.1) is 11.8 Å². The van der Waals surface area contributed by atoms with E-state index in [1.54, 1.807) is 31.2 Å². The molecule has 2 aliphatic rings. The number of benzene rings is 1. The van der Waals surface area contributed by atoms with Gasteiger partial charge in [0.05, 0.1) is 0 Å². The van der Waals surface area contributed by atoms with E-state index in [1.165, 1.54) is 17.8 Å². The molecule has 1 aromatic carbocycles. The van der Waals surface area contributed by atoms with Crippen LogP contribution in [0.4, 0.5) is 4.79 Å². The summed E-state index contributed by atoms with van der Waals surface area (Å²) in [5, 5.41) is 18.5. The summed E-state index contributed by atoms with van der Waals surface area (Å²) in [7, 11) is 0. The molecular weight excluding hydrogens is 348 g/mol. The van der Waals surface area contributed by atoms with Crippen LogP contribution in [0.3, 0.4) is 0 Å². The van der Waals surface area contributed by atoms with Gasteiger partial charge in [-0.3, -0.25) is 14.5 Å². The molecule has 0 saturated carbocycles. The van der Waals surface area contributed by atoms with Gasteiger partial charge in [-0.1, -0.05) is 30.3 Å². The number of carboxylic acids is 1. The van der Waals surface area contributed by atoms with Gasteiger partial charge < -0.3 is 10.2 Å². The SMILES string of the molecule is CC1C=C(C(=O)O)N2C(=O)C(N(OCc3ccccc3)C(=O)O)[C@@H]2S1. The lowest BCUT2D eigenvalue weighted by Gasteiger charge is -2.51. The summed E-state index contributed by atoms with van der Waals surface area (Å²) in [6.07, 6.45) is 0.0849. The van der Waals surface area contributed by atoms with Crippen molar-refractivity contribution in [3.8, 4) is 0 Å². The Balaban J connectivity index is 1.77. The lowest BCUT2D eigenvalue weighted by atomic mass is 10.0. The van der Waals surface area contributed by atoms with Crippen LogP contribution in [0.1, 0.15) is 12.5 Å². The maximum atomic E-state index is 12.4. The van der Waals surface area contributed by atoms with Gasteiger partial charge in [-0.05, 0) is 18.6 Å². The summed E-state index contributed by atoms with van der Waals surface area (Å²) >= 11 is 1.32. The van der Waals surface area contributed by atoms with Gasteiger partial charge in [0.25, 0.3) is 5.91 Å². The zero-order valence-electron chi connectivity index (χ0n) is 13.2. The van der Waals surface area contributed by atoms with E-state index in [2.05, 4.69) is 0 Å². The summed E-state index contributed by atoms with van der Waals surface area (Å²) < 4.78 is 0. The van der Waals surface area contributed by atoms with Gasteiger partial charge in [0.2, 0.25) is 0 Å². The number of amides is 2. The summed E-state index contributed by atoms with van der Waals surface area (Å²) in [5.74, 6) is -1.82. The highest BCUT2D eigenvalue weighted by atomic mass is 32.2. The molecule has 25 heavy (non-hydrogen) atoms. The van der Waals surface area contributed by atoms with Crippen molar-refractivity contribution in [3.05, 3.63) is 47.7 Å². The summed E-state index contributed by atoms with van der Waals surface area (Å²) in [6, 6.07) is 7.89. The van der Waals surface area contributed by atoms with Crippen LogP contribution in [0.2, 0.25) is 0 Å². The van der Waals surface area contributed by atoms with Gasteiger partial charge in [-0.2, -0.15) is 5.06 Å². The van der Waals surface area contributed by atoms with Crippen molar-refractivity contribution < 1.29 is 29.4 Å². The second-order valence-electron chi connectivity index (χ2n) is 5.61. The second-order valence-corrected chi connectivity index (χ2v) is 7.11. The number of aliphatic carboxylic acids is 1. The molecule has 2 heterocycles. The molecule has 132 valence electrons. The summed E-state index contributed by atoms with van der Waals surface area (Å²) in [6.45, 7) is 1.78. The Morgan fingerprint density at radius 1 is 1.28 bits per heavy atom. The molecule has 0 aliphatic carbocycles. The van der Waals surface area contributed by atoms with Crippen molar-refractivity contribution in [2.45, 2.75) is 30.2 Å². The van der Waals surface area contributed by atoms with Crippen molar-refractivity contribution in [2.75, 3.05) is 0 Å². The predicted molar refractivity (Wildman–Crippen MR) is 88.3 cm³/mol. The Labute approximate surface area is 147 Å². The molecule has 2 N–H and O–H groups in total. The number of carbonyl (C=O) groups is 3. The number of thioether (sulfide) groups is 1. The third-order valence-electron chi connectivity index (χ3n) is 3.89. The summed E-state index contributed by atoms with van der Waals surface area (Å²) in [4.78, 5) is 41.7. The lowest BCUT2D eigenvalue weighted by Crippen LogP contribution is -2.71. The number of hydrogen-bond acceptors (Lipinski definition) is 5. The van der Waals surface area contributed by atoms with Crippen molar-refractivity contribution in [3.63, 3.8) is 0 Å². The number of carbonyl (C=O) groups excluding carboxylic acids is 1. The number of hydrogen-bond donors (Lipinski definition) is 2. The monoisotopic (exact) mass is 364 g/mol. The van der Waals surface area contributed by atoms with Crippen LogP contribution in [0, 0.1) is 0 Å². The Morgan fingerprint density at radius 2 is 1.96 bits per heavy atom. The number of carboxylic acid groups (broad SMARTS) is 2. The Kier molecular flexibility index (Phi) is 4.69. The van der Waals surface area contributed by atoms with E-state index in [0.717, 1.165) is 10.5 Å². The molecular formula is C16H16N2O6S. The zero-order valence-corrected chi connectivity index (χ0v) is 14.0. The van der Waals surface area contributed by atoms with Crippen LogP contribution >= 0.6 is 11.8 Å². The standard InChI is InChI=1S/C16H16N2O6S/c1-9-7-11(15(20)21)17-13(19)12(14(17)25-9)18(16(22)23)24-8-10-5-3-2-4-6-10/h2-7,9,12,14H,8H2,1H3,(H,20,21)(H,22,23)/t9?,12?,14-/m0/s1. The fourth-order valence-corrected chi connectivity index (χ4v) is 4.13. The molecule has 9 heteroatoms. The normalized spacial score (nSPS) is 24.8. The minimum atomic E-state index is -1.39. The maximum Gasteiger partial charge on any atom is 0.432 e. The number of β-lactam (4-membered cyclic amide) rings is 1. The van der Waals surface area contributed by atoms with Gasteiger partial charge in [0.15, 0.2) is 6.04 Å². The average molecular weight is 364 g/mol. The Hall–Kier alpha value is -2.52. The molecule has 2 unspecified atom stereocenters. The molecule has 0 bridgehead atoms. The number of rotatable bonds is 5. The first-order valence-electron chi connectivity index (χ1n) is 7.53. The fourth-order valence-electron chi connectivity index (χ4n) is 2.77. The first-order valence-corrected chi connectivity index (χ1v) is 8.47. The number of nitrogens with zero attached hydrogens (tertiary/aromatic N) is 2. The first kappa shape index (κ1) is 17.3. The van der Waals surface area contributed by atoms with Gasteiger partial charge in [-0.25, -0.2) is 9.59 Å². The van der Waals surface area contributed by atoms with E-state index < -0.39 is 29.4 Å². The smallest absolute Gasteiger partial charge is 0.432 e. The third kappa shape index (κ3) is 3.20. The van der Waals surface area contributed by atoms with E-state index in [9.17, 15) is 24.6 Å². The van der Waals surface area contributed by atoms with Gasteiger partial charge in [0, 0.05) is 5.25 Å².